The molecule has 0 spiro atoms. The lowest BCUT2D eigenvalue weighted by Gasteiger charge is -2.11. The molecule has 1 heterocycles. The van der Waals surface area contributed by atoms with Crippen LogP contribution >= 0.6 is 11.6 Å². The van der Waals surface area contributed by atoms with Crippen LogP contribution in [0.3, 0.4) is 0 Å². The van der Waals surface area contributed by atoms with E-state index in [1.807, 2.05) is 37.0 Å². The van der Waals surface area contributed by atoms with Crippen molar-refractivity contribution in [1.29, 1.82) is 0 Å². The first-order valence-electron chi connectivity index (χ1n) is 5.66. The van der Waals surface area contributed by atoms with E-state index in [4.69, 9.17) is 16.3 Å². The molecule has 0 atom stereocenters. The van der Waals surface area contributed by atoms with Gasteiger partial charge in [-0.1, -0.05) is 11.6 Å². The Morgan fingerprint density at radius 1 is 1.44 bits per heavy atom. The van der Waals surface area contributed by atoms with Gasteiger partial charge in [0.15, 0.2) is 0 Å². The number of nitrogens with one attached hydrogen (secondary N) is 1. The Bertz CT molecular complexity index is 551. The number of anilines is 1. The second-order valence-corrected chi connectivity index (χ2v) is 4.55. The molecule has 18 heavy (non-hydrogen) atoms. The third-order valence-corrected chi connectivity index (χ3v) is 2.98. The zero-order valence-electron chi connectivity index (χ0n) is 10.7. The Morgan fingerprint density at radius 3 is 2.83 bits per heavy atom. The van der Waals surface area contributed by atoms with E-state index >= 15 is 0 Å². The van der Waals surface area contributed by atoms with Gasteiger partial charge in [-0.25, -0.2) is 0 Å². The normalized spacial score (nSPS) is 10.4. The molecular weight excluding hydrogens is 250 g/mol. The number of nitrogens with zero attached hydrogens (tertiary/aromatic N) is 2. The second kappa shape index (κ2) is 5.31. The number of rotatable bonds is 4. The molecule has 0 saturated carbocycles. The number of aromatic nitrogens is 2. The fourth-order valence-electron chi connectivity index (χ4n) is 1.83. The minimum absolute atomic E-state index is 0.682. The van der Waals surface area contributed by atoms with Gasteiger partial charge < -0.3 is 10.1 Å². The number of hydrogen-bond donors (Lipinski definition) is 1. The first-order chi connectivity index (χ1) is 8.60. The third-order valence-electron chi connectivity index (χ3n) is 2.75. The van der Waals surface area contributed by atoms with Gasteiger partial charge in [-0.3, -0.25) is 4.68 Å². The van der Waals surface area contributed by atoms with Crippen molar-refractivity contribution in [2.45, 2.75) is 13.5 Å². The summed E-state index contributed by atoms with van der Waals surface area (Å²) in [5.41, 5.74) is 3.05. The summed E-state index contributed by atoms with van der Waals surface area (Å²) in [6.07, 6.45) is 2.00. The van der Waals surface area contributed by atoms with Crippen molar-refractivity contribution in [3.63, 3.8) is 0 Å². The van der Waals surface area contributed by atoms with E-state index in [0.29, 0.717) is 11.6 Å². The summed E-state index contributed by atoms with van der Waals surface area (Å²) in [5, 5.41) is 8.30. The van der Waals surface area contributed by atoms with Crippen molar-refractivity contribution in [3.05, 3.63) is 40.7 Å². The Hall–Kier alpha value is -1.68. The molecule has 1 N–H and O–H groups in total. The predicted octanol–water partition coefficient (Wildman–Crippen LogP) is 3.00. The summed E-state index contributed by atoms with van der Waals surface area (Å²) in [7, 11) is 3.56. The van der Waals surface area contributed by atoms with Crippen LogP contribution in [0.5, 0.6) is 5.75 Å². The van der Waals surface area contributed by atoms with Gasteiger partial charge in [0.2, 0.25) is 0 Å². The van der Waals surface area contributed by atoms with Crippen LogP contribution in [0.25, 0.3) is 0 Å². The quantitative estimate of drug-likeness (QED) is 0.924. The summed E-state index contributed by atoms with van der Waals surface area (Å²) in [5.74, 6) is 0.779. The number of halogens is 1. The van der Waals surface area contributed by atoms with Gasteiger partial charge in [0.05, 0.1) is 18.5 Å². The molecule has 0 amide bonds. The fraction of sp³-hybridized carbons (Fsp3) is 0.308. The lowest BCUT2D eigenvalue weighted by molar-refractivity contribution is 0.416. The molecule has 0 radical (unpaired) electrons. The molecule has 5 heteroatoms. The highest BCUT2D eigenvalue weighted by molar-refractivity contribution is 6.30. The van der Waals surface area contributed by atoms with Gasteiger partial charge in [-0.2, -0.15) is 5.10 Å². The monoisotopic (exact) mass is 265 g/mol. The average molecular weight is 266 g/mol. The molecule has 4 nitrogen and oxygen atoms in total. The highest BCUT2D eigenvalue weighted by Gasteiger charge is 2.06. The van der Waals surface area contributed by atoms with E-state index in [1.54, 1.807) is 13.2 Å². The zero-order valence-corrected chi connectivity index (χ0v) is 11.5. The van der Waals surface area contributed by atoms with Crippen LogP contribution in [0, 0.1) is 6.92 Å². The number of hydrogen-bond acceptors (Lipinski definition) is 3. The maximum atomic E-state index is 5.98. The molecule has 2 aromatic rings. The lowest BCUT2D eigenvalue weighted by atomic mass is 10.2. The molecule has 0 unspecified atom stereocenters. The molecular formula is C13H16ClN3O. The smallest absolute Gasteiger partial charge is 0.142 e. The van der Waals surface area contributed by atoms with E-state index in [1.165, 1.54) is 0 Å². The first-order valence-corrected chi connectivity index (χ1v) is 6.04. The van der Waals surface area contributed by atoms with Crippen molar-refractivity contribution in [1.82, 2.24) is 9.78 Å². The molecule has 0 aliphatic carbocycles. The number of methoxy groups -OCH3 is 1. The molecule has 0 fully saturated rings. The number of aryl methyl sites for hydroxylation is 2. The Balaban J connectivity index is 2.14. The van der Waals surface area contributed by atoms with E-state index in [0.717, 1.165) is 22.7 Å². The summed E-state index contributed by atoms with van der Waals surface area (Å²) in [6.45, 7) is 2.68. The molecule has 0 aliphatic rings. The Labute approximate surface area is 112 Å². The minimum Gasteiger partial charge on any atom is -0.495 e. The van der Waals surface area contributed by atoms with Crippen LogP contribution in [0.1, 0.15) is 11.3 Å². The summed E-state index contributed by atoms with van der Waals surface area (Å²) in [6, 6.07) is 5.51. The summed E-state index contributed by atoms with van der Waals surface area (Å²) >= 11 is 5.98. The van der Waals surface area contributed by atoms with E-state index in [2.05, 4.69) is 10.4 Å². The maximum absolute atomic E-state index is 5.98. The Morgan fingerprint density at radius 2 is 2.22 bits per heavy atom. The van der Waals surface area contributed by atoms with Crippen LogP contribution in [0.4, 0.5) is 5.69 Å². The molecule has 0 aliphatic heterocycles. The van der Waals surface area contributed by atoms with Gasteiger partial charge in [0, 0.05) is 30.4 Å². The van der Waals surface area contributed by atoms with Crippen LogP contribution in [-0.4, -0.2) is 16.9 Å². The van der Waals surface area contributed by atoms with Gasteiger partial charge in [0.25, 0.3) is 0 Å². The van der Waals surface area contributed by atoms with E-state index < -0.39 is 0 Å². The van der Waals surface area contributed by atoms with Crippen molar-refractivity contribution >= 4 is 17.3 Å². The SMILES string of the molecule is COc1ccc(Cl)cc1NCc1cn(C)nc1C. The number of ether oxygens (including phenoxy) is 1. The highest BCUT2D eigenvalue weighted by Crippen LogP contribution is 2.28. The second-order valence-electron chi connectivity index (χ2n) is 4.11. The largest absolute Gasteiger partial charge is 0.495 e. The molecule has 1 aromatic carbocycles. The molecule has 1 aromatic heterocycles. The van der Waals surface area contributed by atoms with Crippen LogP contribution in [-0.2, 0) is 13.6 Å². The predicted molar refractivity (Wildman–Crippen MR) is 73.3 cm³/mol. The van der Waals surface area contributed by atoms with Crippen LogP contribution in [0.15, 0.2) is 24.4 Å². The summed E-state index contributed by atoms with van der Waals surface area (Å²) in [4.78, 5) is 0. The molecule has 0 saturated heterocycles. The first kappa shape index (κ1) is 12.8. The third kappa shape index (κ3) is 2.76. The van der Waals surface area contributed by atoms with Crippen LogP contribution < -0.4 is 10.1 Å². The van der Waals surface area contributed by atoms with E-state index in [9.17, 15) is 0 Å². The average Bonchev–Trinajstić information content (AvgIpc) is 2.65. The minimum atomic E-state index is 0.682. The van der Waals surface area contributed by atoms with Crippen molar-refractivity contribution in [3.8, 4) is 5.75 Å². The zero-order chi connectivity index (χ0) is 13.1. The molecule has 96 valence electrons. The van der Waals surface area contributed by atoms with Crippen molar-refractivity contribution in [2.24, 2.45) is 7.05 Å². The summed E-state index contributed by atoms with van der Waals surface area (Å²) < 4.78 is 7.09. The van der Waals surface area contributed by atoms with Crippen LogP contribution in [0.2, 0.25) is 5.02 Å². The fourth-order valence-corrected chi connectivity index (χ4v) is 2.00. The molecule has 0 bridgehead atoms. The van der Waals surface area contributed by atoms with Gasteiger partial charge in [-0.15, -0.1) is 0 Å². The van der Waals surface area contributed by atoms with Crippen molar-refractivity contribution < 1.29 is 4.74 Å². The lowest BCUT2D eigenvalue weighted by Crippen LogP contribution is -2.01. The highest BCUT2D eigenvalue weighted by atomic mass is 35.5. The topological polar surface area (TPSA) is 39.1 Å². The van der Waals surface area contributed by atoms with Gasteiger partial charge in [-0.05, 0) is 25.1 Å². The maximum Gasteiger partial charge on any atom is 0.142 e. The van der Waals surface area contributed by atoms with Gasteiger partial charge >= 0.3 is 0 Å². The van der Waals surface area contributed by atoms with E-state index in [-0.39, 0.29) is 0 Å². The van der Waals surface area contributed by atoms with Crippen molar-refractivity contribution in [2.75, 3.05) is 12.4 Å². The Kier molecular flexibility index (Phi) is 3.77. The van der Waals surface area contributed by atoms with Gasteiger partial charge in [0.1, 0.15) is 5.75 Å². The standard InChI is InChI=1S/C13H16ClN3O/c1-9-10(8-17(2)16-9)7-15-12-6-11(14)4-5-13(12)18-3/h4-6,8,15H,7H2,1-3H3. The molecule has 2 rings (SSSR count). The number of benzene rings is 1.